The molecular weight excluding hydrogens is 222 g/mol. The number of unbranched alkanes of at least 4 members (excludes halogenated alkanes) is 1. The van der Waals surface area contributed by atoms with Crippen molar-refractivity contribution in [2.45, 2.75) is 51.0 Å². The Kier molecular flexibility index (Phi) is 4.79. The summed E-state index contributed by atoms with van der Waals surface area (Å²) in [6.45, 7) is 0.761. The van der Waals surface area contributed by atoms with Gasteiger partial charge in [0.2, 0.25) is 0 Å². The minimum atomic E-state index is -0.129. The van der Waals surface area contributed by atoms with Crippen molar-refractivity contribution < 1.29 is 5.11 Å². The molecule has 2 rings (SSSR count). The lowest BCUT2D eigenvalue weighted by Gasteiger charge is -2.33. The van der Waals surface area contributed by atoms with Crippen molar-refractivity contribution in [3.63, 3.8) is 0 Å². The van der Waals surface area contributed by atoms with Gasteiger partial charge in [0.15, 0.2) is 0 Å². The molecule has 1 fully saturated rings. The summed E-state index contributed by atoms with van der Waals surface area (Å²) in [5.41, 5.74) is 7.04. The lowest BCUT2D eigenvalue weighted by molar-refractivity contribution is 0.0437. The number of nitrogens with two attached hydrogens (primary N) is 1. The van der Waals surface area contributed by atoms with Crippen LogP contribution in [0.2, 0.25) is 0 Å². The smallest absolute Gasteiger partial charge is 0.0599 e. The van der Waals surface area contributed by atoms with Crippen LogP contribution in [0.5, 0.6) is 0 Å². The van der Waals surface area contributed by atoms with E-state index < -0.39 is 0 Å². The number of rotatable bonds is 6. The Balaban J connectivity index is 2.05. The van der Waals surface area contributed by atoms with Crippen LogP contribution in [0.3, 0.4) is 0 Å². The highest BCUT2D eigenvalue weighted by molar-refractivity contribution is 5.17. The first kappa shape index (κ1) is 13.6. The van der Waals surface area contributed by atoms with Gasteiger partial charge in [-0.15, -0.1) is 0 Å². The summed E-state index contributed by atoms with van der Waals surface area (Å²) in [7, 11) is 0. The zero-order chi connectivity index (χ0) is 12.8. The number of hydrogen-bond acceptors (Lipinski definition) is 2. The van der Waals surface area contributed by atoms with E-state index in [0.29, 0.717) is 0 Å². The van der Waals surface area contributed by atoms with Gasteiger partial charge in [-0.05, 0) is 44.2 Å². The fourth-order valence-corrected chi connectivity index (χ4v) is 3.33. The third-order valence-corrected chi connectivity index (χ3v) is 4.39. The first-order valence-corrected chi connectivity index (χ1v) is 7.19. The Morgan fingerprint density at radius 3 is 2.61 bits per heavy atom. The standard InChI is InChI=1S/C16H25NO/c17-12-5-4-10-16(11-6-9-15(16)18)13-14-7-2-1-3-8-14/h1-3,7-8,15,18H,4-6,9-13,17H2. The number of hydrogen-bond donors (Lipinski definition) is 2. The van der Waals surface area contributed by atoms with E-state index in [1.165, 1.54) is 5.56 Å². The van der Waals surface area contributed by atoms with Crippen molar-refractivity contribution in [1.82, 2.24) is 0 Å². The summed E-state index contributed by atoms with van der Waals surface area (Å²) in [6, 6.07) is 10.6. The number of aliphatic hydroxyl groups is 1. The molecule has 1 aliphatic carbocycles. The second-order valence-corrected chi connectivity index (χ2v) is 5.68. The van der Waals surface area contributed by atoms with Crippen LogP contribution < -0.4 is 5.73 Å². The van der Waals surface area contributed by atoms with E-state index in [-0.39, 0.29) is 11.5 Å². The first-order chi connectivity index (χ1) is 8.77. The Morgan fingerprint density at radius 1 is 1.22 bits per heavy atom. The quantitative estimate of drug-likeness (QED) is 0.759. The van der Waals surface area contributed by atoms with Crippen LogP contribution in [-0.2, 0) is 6.42 Å². The van der Waals surface area contributed by atoms with Gasteiger partial charge >= 0.3 is 0 Å². The van der Waals surface area contributed by atoms with E-state index in [1.807, 2.05) is 0 Å². The molecule has 2 heteroatoms. The molecule has 0 radical (unpaired) electrons. The first-order valence-electron chi connectivity index (χ1n) is 7.19. The SMILES string of the molecule is NCCCCC1(Cc2ccccc2)CCCC1O. The molecule has 1 aromatic rings. The minimum absolute atomic E-state index is 0.108. The van der Waals surface area contributed by atoms with Gasteiger partial charge in [0.1, 0.15) is 0 Å². The number of aliphatic hydroxyl groups excluding tert-OH is 1. The minimum Gasteiger partial charge on any atom is -0.393 e. The average molecular weight is 247 g/mol. The van der Waals surface area contributed by atoms with E-state index in [0.717, 1.165) is 51.5 Å². The molecule has 0 heterocycles. The number of benzene rings is 1. The highest BCUT2D eigenvalue weighted by atomic mass is 16.3. The van der Waals surface area contributed by atoms with Crippen molar-refractivity contribution in [1.29, 1.82) is 0 Å². The van der Waals surface area contributed by atoms with E-state index in [2.05, 4.69) is 30.3 Å². The van der Waals surface area contributed by atoms with Crippen LogP contribution in [0.25, 0.3) is 0 Å². The Morgan fingerprint density at radius 2 is 2.00 bits per heavy atom. The fraction of sp³-hybridized carbons (Fsp3) is 0.625. The van der Waals surface area contributed by atoms with E-state index in [1.54, 1.807) is 0 Å². The van der Waals surface area contributed by atoms with Crippen molar-refractivity contribution >= 4 is 0 Å². The van der Waals surface area contributed by atoms with Gasteiger partial charge in [0.05, 0.1) is 6.10 Å². The Labute approximate surface area is 110 Å². The molecule has 1 aliphatic rings. The maximum atomic E-state index is 10.4. The van der Waals surface area contributed by atoms with Gasteiger partial charge < -0.3 is 10.8 Å². The lowest BCUT2D eigenvalue weighted by Crippen LogP contribution is -2.32. The molecule has 1 aromatic carbocycles. The molecule has 2 nitrogen and oxygen atoms in total. The highest BCUT2D eigenvalue weighted by Crippen LogP contribution is 2.45. The van der Waals surface area contributed by atoms with E-state index in [9.17, 15) is 5.11 Å². The van der Waals surface area contributed by atoms with Gasteiger partial charge in [-0.2, -0.15) is 0 Å². The van der Waals surface area contributed by atoms with Crippen molar-refractivity contribution in [3.05, 3.63) is 35.9 Å². The predicted octanol–water partition coefficient (Wildman–Crippen LogP) is 2.89. The molecule has 18 heavy (non-hydrogen) atoms. The molecule has 0 amide bonds. The summed E-state index contributed by atoms with van der Waals surface area (Å²) in [6.07, 6.45) is 7.50. The Hall–Kier alpha value is -0.860. The van der Waals surface area contributed by atoms with Gasteiger partial charge in [-0.25, -0.2) is 0 Å². The fourth-order valence-electron chi connectivity index (χ4n) is 3.33. The van der Waals surface area contributed by atoms with Crippen LogP contribution in [0, 0.1) is 5.41 Å². The van der Waals surface area contributed by atoms with Crippen LogP contribution in [-0.4, -0.2) is 17.8 Å². The lowest BCUT2D eigenvalue weighted by atomic mass is 9.74. The topological polar surface area (TPSA) is 46.2 Å². The van der Waals surface area contributed by atoms with E-state index in [4.69, 9.17) is 5.73 Å². The molecule has 2 unspecified atom stereocenters. The molecule has 1 saturated carbocycles. The van der Waals surface area contributed by atoms with Crippen molar-refractivity contribution in [2.24, 2.45) is 11.1 Å². The van der Waals surface area contributed by atoms with Crippen LogP contribution >= 0.6 is 0 Å². The van der Waals surface area contributed by atoms with Gasteiger partial charge in [0.25, 0.3) is 0 Å². The summed E-state index contributed by atoms with van der Waals surface area (Å²) in [4.78, 5) is 0. The third-order valence-electron chi connectivity index (χ3n) is 4.39. The molecule has 0 spiro atoms. The molecule has 0 saturated heterocycles. The average Bonchev–Trinajstić information content (AvgIpc) is 2.73. The second-order valence-electron chi connectivity index (χ2n) is 5.68. The highest BCUT2D eigenvalue weighted by Gasteiger charge is 2.41. The summed E-state index contributed by atoms with van der Waals surface area (Å²) < 4.78 is 0. The zero-order valence-corrected chi connectivity index (χ0v) is 11.1. The largest absolute Gasteiger partial charge is 0.393 e. The molecule has 0 bridgehead atoms. The molecule has 0 aromatic heterocycles. The third kappa shape index (κ3) is 3.12. The van der Waals surface area contributed by atoms with E-state index >= 15 is 0 Å². The van der Waals surface area contributed by atoms with Crippen LogP contribution in [0.4, 0.5) is 0 Å². The molecule has 2 atom stereocenters. The van der Waals surface area contributed by atoms with Crippen LogP contribution in [0.1, 0.15) is 44.1 Å². The van der Waals surface area contributed by atoms with Gasteiger partial charge in [-0.1, -0.05) is 43.2 Å². The maximum absolute atomic E-state index is 10.4. The van der Waals surface area contributed by atoms with Crippen molar-refractivity contribution in [2.75, 3.05) is 6.54 Å². The maximum Gasteiger partial charge on any atom is 0.0599 e. The summed E-state index contributed by atoms with van der Waals surface area (Å²) in [5, 5.41) is 10.4. The Bertz CT molecular complexity index is 351. The molecule has 0 aliphatic heterocycles. The predicted molar refractivity (Wildman–Crippen MR) is 75.3 cm³/mol. The van der Waals surface area contributed by atoms with Gasteiger partial charge in [0, 0.05) is 5.41 Å². The molecular formula is C16H25NO. The summed E-state index contributed by atoms with van der Waals surface area (Å²) >= 11 is 0. The zero-order valence-electron chi connectivity index (χ0n) is 11.1. The van der Waals surface area contributed by atoms with Gasteiger partial charge in [-0.3, -0.25) is 0 Å². The normalized spacial score (nSPS) is 27.6. The monoisotopic (exact) mass is 247 g/mol. The van der Waals surface area contributed by atoms with Crippen molar-refractivity contribution in [3.8, 4) is 0 Å². The van der Waals surface area contributed by atoms with Crippen LogP contribution in [0.15, 0.2) is 30.3 Å². The molecule has 3 N–H and O–H groups in total. The second kappa shape index (κ2) is 6.35. The summed E-state index contributed by atoms with van der Waals surface area (Å²) in [5.74, 6) is 0. The molecule has 100 valence electrons.